The van der Waals surface area contributed by atoms with Crippen molar-refractivity contribution in [2.75, 3.05) is 0 Å². The molecule has 3 aromatic heterocycles. The van der Waals surface area contributed by atoms with Crippen molar-refractivity contribution in [2.45, 2.75) is 26.4 Å². The fourth-order valence-corrected chi connectivity index (χ4v) is 3.67. The minimum absolute atomic E-state index is 0.829. The van der Waals surface area contributed by atoms with Gasteiger partial charge in [0, 0.05) is 35.7 Å². The second-order valence-electron chi connectivity index (χ2n) is 4.15. The summed E-state index contributed by atoms with van der Waals surface area (Å²) in [5.41, 5.74) is 2.56. The molecular formula is C13H15N3S2. The first-order valence-electron chi connectivity index (χ1n) is 6.04. The van der Waals surface area contributed by atoms with Crippen LogP contribution in [0.15, 0.2) is 29.2 Å². The van der Waals surface area contributed by atoms with Crippen molar-refractivity contribution in [3.05, 3.63) is 45.4 Å². The number of aromatic nitrogens is 2. The highest BCUT2D eigenvalue weighted by molar-refractivity contribution is 7.15. The van der Waals surface area contributed by atoms with Gasteiger partial charge in [0.05, 0.1) is 5.69 Å². The quantitative estimate of drug-likeness (QED) is 0.775. The van der Waals surface area contributed by atoms with Crippen LogP contribution in [0.5, 0.6) is 0 Å². The molecule has 0 saturated carbocycles. The molecule has 0 radical (unpaired) electrons. The Bertz CT molecular complexity index is 607. The monoisotopic (exact) mass is 277 g/mol. The van der Waals surface area contributed by atoms with E-state index in [-0.39, 0.29) is 0 Å². The van der Waals surface area contributed by atoms with Gasteiger partial charge in [-0.2, -0.15) is 0 Å². The van der Waals surface area contributed by atoms with Gasteiger partial charge < -0.3 is 5.32 Å². The summed E-state index contributed by atoms with van der Waals surface area (Å²) in [6.07, 6.45) is 5.25. The lowest BCUT2D eigenvalue weighted by Gasteiger charge is -2.02. The minimum Gasteiger partial charge on any atom is -0.306 e. The van der Waals surface area contributed by atoms with Crippen molar-refractivity contribution >= 4 is 27.6 Å². The van der Waals surface area contributed by atoms with Gasteiger partial charge in [-0.25, -0.2) is 4.98 Å². The van der Waals surface area contributed by atoms with Gasteiger partial charge >= 0.3 is 0 Å². The molecule has 3 heterocycles. The van der Waals surface area contributed by atoms with Crippen molar-refractivity contribution in [1.82, 2.24) is 14.7 Å². The van der Waals surface area contributed by atoms with E-state index in [4.69, 9.17) is 0 Å². The first-order valence-corrected chi connectivity index (χ1v) is 7.80. The molecule has 0 bridgehead atoms. The van der Waals surface area contributed by atoms with Gasteiger partial charge in [0.1, 0.15) is 0 Å². The van der Waals surface area contributed by atoms with E-state index in [1.165, 1.54) is 10.4 Å². The molecule has 94 valence electrons. The number of hydrogen-bond acceptors (Lipinski definition) is 4. The largest absolute Gasteiger partial charge is 0.306 e. The number of imidazole rings is 1. The Labute approximate surface area is 114 Å². The summed E-state index contributed by atoms with van der Waals surface area (Å²) in [6, 6.07) is 2.22. The van der Waals surface area contributed by atoms with E-state index in [2.05, 4.69) is 44.6 Å². The molecule has 0 unspecified atom stereocenters. The molecule has 5 heteroatoms. The fraction of sp³-hybridized carbons (Fsp3) is 0.308. The molecule has 0 saturated heterocycles. The lowest BCUT2D eigenvalue weighted by atomic mass is 10.2. The number of nitrogens with zero attached hydrogens (tertiary/aromatic N) is 2. The Hall–Kier alpha value is -1.17. The van der Waals surface area contributed by atoms with E-state index >= 15 is 0 Å². The standard InChI is InChI=1S/C13H15N3S2/c1-2-10-3-5-17-12(10)8-14-7-11-9-16-4-6-18-13(16)15-11/h3-6,9,14H,2,7-8H2,1H3. The lowest BCUT2D eigenvalue weighted by Crippen LogP contribution is -2.12. The summed E-state index contributed by atoms with van der Waals surface area (Å²) < 4.78 is 2.07. The van der Waals surface area contributed by atoms with Crippen molar-refractivity contribution < 1.29 is 0 Å². The molecule has 18 heavy (non-hydrogen) atoms. The molecule has 1 N–H and O–H groups in total. The third kappa shape index (κ3) is 2.34. The van der Waals surface area contributed by atoms with Crippen LogP contribution in [0.1, 0.15) is 23.1 Å². The first kappa shape index (κ1) is 11.9. The van der Waals surface area contributed by atoms with Crippen LogP contribution in [0.3, 0.4) is 0 Å². The van der Waals surface area contributed by atoms with E-state index < -0.39 is 0 Å². The molecule has 0 amide bonds. The summed E-state index contributed by atoms with van der Waals surface area (Å²) in [7, 11) is 0. The summed E-state index contributed by atoms with van der Waals surface area (Å²) in [6.45, 7) is 3.97. The Morgan fingerprint density at radius 2 is 2.22 bits per heavy atom. The van der Waals surface area contributed by atoms with Crippen LogP contribution in [0, 0.1) is 0 Å². The minimum atomic E-state index is 0.829. The van der Waals surface area contributed by atoms with Gasteiger partial charge in [0.2, 0.25) is 0 Å². The summed E-state index contributed by atoms with van der Waals surface area (Å²) >= 11 is 3.50. The summed E-state index contributed by atoms with van der Waals surface area (Å²) in [5.74, 6) is 0. The molecule has 0 fully saturated rings. The topological polar surface area (TPSA) is 29.3 Å². The third-order valence-corrected chi connectivity index (χ3v) is 4.69. The van der Waals surface area contributed by atoms with Gasteiger partial charge in [0.25, 0.3) is 0 Å². The van der Waals surface area contributed by atoms with Crippen molar-refractivity contribution in [2.24, 2.45) is 0 Å². The molecule has 3 rings (SSSR count). The zero-order valence-corrected chi connectivity index (χ0v) is 11.9. The Balaban J connectivity index is 1.60. The molecule has 0 aliphatic carbocycles. The maximum absolute atomic E-state index is 4.56. The lowest BCUT2D eigenvalue weighted by molar-refractivity contribution is 0.686. The van der Waals surface area contributed by atoms with Gasteiger partial charge in [0.15, 0.2) is 4.96 Å². The van der Waals surface area contributed by atoms with Gasteiger partial charge in [-0.05, 0) is 23.4 Å². The number of hydrogen-bond donors (Lipinski definition) is 1. The molecule has 0 aromatic carbocycles. The number of thiazole rings is 1. The van der Waals surface area contributed by atoms with Crippen LogP contribution in [-0.4, -0.2) is 9.38 Å². The maximum Gasteiger partial charge on any atom is 0.193 e. The highest BCUT2D eigenvalue weighted by Crippen LogP contribution is 2.17. The zero-order valence-electron chi connectivity index (χ0n) is 10.2. The van der Waals surface area contributed by atoms with Crippen molar-refractivity contribution in [3.63, 3.8) is 0 Å². The van der Waals surface area contributed by atoms with E-state index in [1.807, 2.05) is 17.5 Å². The molecule has 3 aromatic rings. The van der Waals surface area contributed by atoms with Gasteiger partial charge in [-0.3, -0.25) is 4.40 Å². The van der Waals surface area contributed by atoms with E-state index in [1.54, 1.807) is 11.3 Å². The highest BCUT2D eigenvalue weighted by Gasteiger charge is 2.04. The average molecular weight is 277 g/mol. The van der Waals surface area contributed by atoms with Crippen LogP contribution in [0.25, 0.3) is 4.96 Å². The van der Waals surface area contributed by atoms with Gasteiger partial charge in [-0.15, -0.1) is 22.7 Å². The predicted molar refractivity (Wildman–Crippen MR) is 77.3 cm³/mol. The van der Waals surface area contributed by atoms with Crippen LogP contribution >= 0.6 is 22.7 Å². The Morgan fingerprint density at radius 1 is 1.28 bits per heavy atom. The van der Waals surface area contributed by atoms with Crippen LogP contribution in [0.2, 0.25) is 0 Å². The number of aryl methyl sites for hydroxylation is 1. The van der Waals surface area contributed by atoms with Crippen LogP contribution < -0.4 is 5.32 Å². The SMILES string of the molecule is CCc1ccsc1CNCc1cn2ccsc2n1. The van der Waals surface area contributed by atoms with Crippen LogP contribution in [0.4, 0.5) is 0 Å². The molecule has 0 aliphatic rings. The zero-order chi connectivity index (χ0) is 12.4. The van der Waals surface area contributed by atoms with Gasteiger partial charge in [-0.1, -0.05) is 6.92 Å². The molecular weight excluding hydrogens is 262 g/mol. The Morgan fingerprint density at radius 3 is 3.06 bits per heavy atom. The molecule has 0 spiro atoms. The number of fused-ring (bicyclic) bond motifs is 1. The maximum atomic E-state index is 4.56. The molecule has 0 aliphatic heterocycles. The highest BCUT2D eigenvalue weighted by atomic mass is 32.1. The smallest absolute Gasteiger partial charge is 0.193 e. The second kappa shape index (κ2) is 5.22. The summed E-state index contributed by atoms with van der Waals surface area (Å²) in [4.78, 5) is 7.07. The van der Waals surface area contributed by atoms with Crippen molar-refractivity contribution in [3.8, 4) is 0 Å². The fourth-order valence-electron chi connectivity index (χ4n) is 2.00. The van der Waals surface area contributed by atoms with E-state index in [0.717, 1.165) is 30.2 Å². The molecule has 3 nitrogen and oxygen atoms in total. The second-order valence-corrected chi connectivity index (χ2v) is 6.02. The average Bonchev–Trinajstić information content (AvgIpc) is 3.02. The number of nitrogens with one attached hydrogen (secondary N) is 1. The molecule has 0 atom stereocenters. The summed E-state index contributed by atoms with van der Waals surface area (Å²) in [5, 5.41) is 7.69. The number of rotatable bonds is 5. The Kier molecular flexibility index (Phi) is 3.45. The van der Waals surface area contributed by atoms with E-state index in [0.29, 0.717) is 0 Å². The van der Waals surface area contributed by atoms with E-state index in [9.17, 15) is 0 Å². The third-order valence-electron chi connectivity index (χ3n) is 2.95. The first-order chi connectivity index (χ1) is 8.86. The van der Waals surface area contributed by atoms with Crippen LogP contribution in [-0.2, 0) is 19.5 Å². The normalized spacial score (nSPS) is 11.4. The number of thiophene rings is 1. The predicted octanol–water partition coefficient (Wildman–Crippen LogP) is 3.31. The van der Waals surface area contributed by atoms with Crippen molar-refractivity contribution in [1.29, 1.82) is 0 Å².